The summed E-state index contributed by atoms with van der Waals surface area (Å²) in [5, 5.41) is 12.3. The van der Waals surface area contributed by atoms with E-state index < -0.39 is 5.97 Å². The Hall–Kier alpha value is -2.06. The molecule has 0 aliphatic heterocycles. The number of hydrogen-bond acceptors (Lipinski definition) is 3. The van der Waals surface area contributed by atoms with Crippen molar-refractivity contribution < 1.29 is 9.90 Å². The number of rotatable bonds is 5. The van der Waals surface area contributed by atoms with Gasteiger partial charge in [0.2, 0.25) is 0 Å². The Kier molecular flexibility index (Phi) is 5.18. The highest BCUT2D eigenvalue weighted by atomic mass is 16.4. The third-order valence-electron chi connectivity index (χ3n) is 3.96. The van der Waals surface area contributed by atoms with Crippen molar-refractivity contribution in [3.8, 4) is 0 Å². The molecular weight excluding hydrogens is 266 g/mol. The van der Waals surface area contributed by atoms with Crippen LogP contribution < -0.4 is 11.1 Å². The van der Waals surface area contributed by atoms with E-state index in [1.165, 1.54) is 0 Å². The minimum Gasteiger partial charge on any atom is -0.481 e. The van der Waals surface area contributed by atoms with Crippen LogP contribution in [-0.4, -0.2) is 23.2 Å². The lowest BCUT2D eigenvalue weighted by Gasteiger charge is -2.28. The zero-order valence-electron chi connectivity index (χ0n) is 12.0. The van der Waals surface area contributed by atoms with Crippen molar-refractivity contribution in [1.82, 2.24) is 0 Å². The fraction of sp³-hybridized carbons (Fsp3) is 0.500. The average molecular weight is 287 g/mol. The van der Waals surface area contributed by atoms with Crippen molar-refractivity contribution in [3.05, 3.63) is 35.2 Å². The van der Waals surface area contributed by atoms with Gasteiger partial charge in [-0.05, 0) is 43.7 Å². The molecular formula is C16H21N3O2. The Bertz CT molecular complexity index is 543. The van der Waals surface area contributed by atoms with Crippen LogP contribution in [0.3, 0.4) is 0 Å². The lowest BCUT2D eigenvalue weighted by atomic mass is 9.91. The molecule has 112 valence electrons. The lowest BCUT2D eigenvalue weighted by molar-refractivity contribution is -0.136. The first-order chi connectivity index (χ1) is 10.1. The van der Waals surface area contributed by atoms with Gasteiger partial charge in [0.05, 0.1) is 6.57 Å². The lowest BCUT2D eigenvalue weighted by Crippen LogP contribution is -2.33. The number of carboxylic acids is 1. The third kappa shape index (κ3) is 4.47. The Balaban J connectivity index is 2.11. The smallest absolute Gasteiger partial charge is 0.303 e. The van der Waals surface area contributed by atoms with Crippen LogP contribution in [-0.2, 0) is 11.2 Å². The van der Waals surface area contributed by atoms with Gasteiger partial charge in [0.1, 0.15) is 0 Å². The molecule has 0 atom stereocenters. The van der Waals surface area contributed by atoms with Gasteiger partial charge in [-0.15, -0.1) is 0 Å². The second-order valence-electron chi connectivity index (χ2n) is 5.60. The molecule has 2 rings (SSSR count). The maximum atomic E-state index is 10.8. The molecule has 1 aliphatic rings. The predicted molar refractivity (Wildman–Crippen MR) is 82.5 cm³/mol. The van der Waals surface area contributed by atoms with Crippen molar-refractivity contribution in [2.75, 3.05) is 5.32 Å². The summed E-state index contributed by atoms with van der Waals surface area (Å²) in [5.41, 5.74) is 8.34. The molecule has 0 aromatic heterocycles. The van der Waals surface area contributed by atoms with Crippen molar-refractivity contribution in [1.29, 1.82) is 0 Å². The normalized spacial score (nSPS) is 21.5. The summed E-state index contributed by atoms with van der Waals surface area (Å²) < 4.78 is 0. The molecule has 0 radical (unpaired) electrons. The van der Waals surface area contributed by atoms with Crippen LogP contribution in [0.5, 0.6) is 0 Å². The quantitative estimate of drug-likeness (QED) is 0.727. The molecule has 0 spiro atoms. The molecule has 1 aromatic rings. The molecule has 0 bridgehead atoms. The maximum Gasteiger partial charge on any atom is 0.303 e. The number of aryl methyl sites for hydroxylation is 1. The molecule has 0 amide bonds. The zero-order valence-corrected chi connectivity index (χ0v) is 12.0. The number of nitrogens with zero attached hydrogens (tertiary/aromatic N) is 1. The van der Waals surface area contributed by atoms with Crippen LogP contribution in [0.25, 0.3) is 4.85 Å². The van der Waals surface area contributed by atoms with Gasteiger partial charge < -0.3 is 16.2 Å². The molecule has 0 unspecified atom stereocenters. The zero-order chi connectivity index (χ0) is 15.2. The van der Waals surface area contributed by atoms with Gasteiger partial charge in [-0.3, -0.25) is 4.79 Å². The van der Waals surface area contributed by atoms with Crippen LogP contribution in [0.4, 0.5) is 11.4 Å². The Morgan fingerprint density at radius 3 is 2.71 bits per heavy atom. The summed E-state index contributed by atoms with van der Waals surface area (Å²) in [7, 11) is 0. The average Bonchev–Trinajstić information content (AvgIpc) is 2.48. The van der Waals surface area contributed by atoms with E-state index in [1.807, 2.05) is 12.1 Å². The van der Waals surface area contributed by atoms with Crippen LogP contribution in [0.2, 0.25) is 0 Å². The predicted octanol–water partition coefficient (Wildman–Crippen LogP) is 2.94. The van der Waals surface area contributed by atoms with Gasteiger partial charge in [0.15, 0.2) is 5.69 Å². The van der Waals surface area contributed by atoms with Crippen molar-refractivity contribution in [3.63, 3.8) is 0 Å². The number of aliphatic carboxylic acids is 1. The summed E-state index contributed by atoms with van der Waals surface area (Å²) in [6.45, 7) is 7.11. The maximum absolute atomic E-state index is 10.8. The van der Waals surface area contributed by atoms with E-state index >= 15 is 0 Å². The summed E-state index contributed by atoms with van der Waals surface area (Å²) in [4.78, 5) is 14.2. The Morgan fingerprint density at radius 1 is 1.38 bits per heavy atom. The van der Waals surface area contributed by atoms with Crippen molar-refractivity contribution in [2.24, 2.45) is 5.73 Å². The fourth-order valence-electron chi connectivity index (χ4n) is 2.71. The van der Waals surface area contributed by atoms with E-state index in [0.717, 1.165) is 36.9 Å². The van der Waals surface area contributed by atoms with Gasteiger partial charge in [-0.2, -0.15) is 0 Å². The molecule has 1 aliphatic carbocycles. The monoisotopic (exact) mass is 287 g/mol. The van der Waals surface area contributed by atoms with E-state index in [0.29, 0.717) is 24.2 Å². The molecule has 0 saturated heterocycles. The van der Waals surface area contributed by atoms with E-state index in [-0.39, 0.29) is 6.42 Å². The summed E-state index contributed by atoms with van der Waals surface area (Å²) in [5.74, 6) is -0.807. The SMILES string of the molecule is [C-]#[N+]c1ccc(CCC(=O)O)c(NC2CCC(N)CC2)c1. The van der Waals surface area contributed by atoms with Crippen LogP contribution in [0.15, 0.2) is 18.2 Å². The topological polar surface area (TPSA) is 79.7 Å². The minimum absolute atomic E-state index is 0.0988. The number of nitrogens with two attached hydrogens (primary N) is 1. The number of benzene rings is 1. The summed E-state index contributed by atoms with van der Waals surface area (Å²) in [6, 6.07) is 6.07. The first-order valence-corrected chi connectivity index (χ1v) is 7.33. The highest BCUT2D eigenvalue weighted by molar-refractivity contribution is 5.69. The number of carboxylic acid groups (broad SMARTS) is 1. The summed E-state index contributed by atoms with van der Waals surface area (Å²) in [6.07, 6.45) is 4.61. The molecule has 5 heteroatoms. The van der Waals surface area contributed by atoms with Gasteiger partial charge >= 0.3 is 5.97 Å². The van der Waals surface area contributed by atoms with Crippen molar-refractivity contribution in [2.45, 2.75) is 50.6 Å². The molecule has 1 saturated carbocycles. The highest BCUT2D eigenvalue weighted by Crippen LogP contribution is 2.28. The minimum atomic E-state index is -0.807. The Labute approximate surface area is 125 Å². The van der Waals surface area contributed by atoms with E-state index in [1.54, 1.807) is 6.07 Å². The van der Waals surface area contributed by atoms with Gasteiger partial charge in [0.25, 0.3) is 0 Å². The summed E-state index contributed by atoms with van der Waals surface area (Å²) >= 11 is 0. The number of nitrogens with one attached hydrogen (secondary N) is 1. The number of carbonyl (C=O) groups is 1. The second kappa shape index (κ2) is 7.09. The second-order valence-corrected chi connectivity index (χ2v) is 5.60. The molecule has 4 N–H and O–H groups in total. The standard InChI is InChI=1S/C16H21N3O2/c1-18-14-6-2-11(3-9-16(20)21)15(10-14)19-13-7-4-12(17)5-8-13/h2,6,10,12-13,19H,3-5,7-9,17H2,(H,20,21). The van der Waals surface area contributed by atoms with Gasteiger partial charge in [0, 0.05) is 24.2 Å². The van der Waals surface area contributed by atoms with E-state index in [2.05, 4.69) is 10.2 Å². The van der Waals surface area contributed by atoms with Gasteiger partial charge in [-0.25, -0.2) is 4.85 Å². The van der Waals surface area contributed by atoms with E-state index in [9.17, 15) is 4.79 Å². The molecule has 0 heterocycles. The molecule has 1 fully saturated rings. The van der Waals surface area contributed by atoms with Gasteiger partial charge in [-0.1, -0.05) is 12.1 Å². The molecule has 5 nitrogen and oxygen atoms in total. The van der Waals surface area contributed by atoms with Crippen molar-refractivity contribution >= 4 is 17.3 Å². The third-order valence-corrected chi connectivity index (χ3v) is 3.96. The molecule has 21 heavy (non-hydrogen) atoms. The van der Waals surface area contributed by atoms with Crippen LogP contribution >= 0.6 is 0 Å². The van der Waals surface area contributed by atoms with E-state index in [4.69, 9.17) is 17.4 Å². The first kappa shape index (κ1) is 15.3. The molecule has 1 aromatic carbocycles. The first-order valence-electron chi connectivity index (χ1n) is 7.33. The number of anilines is 1. The Morgan fingerprint density at radius 2 is 2.10 bits per heavy atom. The fourth-order valence-corrected chi connectivity index (χ4v) is 2.71. The van der Waals surface area contributed by atoms with Crippen LogP contribution in [0.1, 0.15) is 37.7 Å². The number of hydrogen-bond donors (Lipinski definition) is 3. The van der Waals surface area contributed by atoms with Crippen LogP contribution in [0, 0.1) is 6.57 Å². The largest absolute Gasteiger partial charge is 0.481 e. The highest BCUT2D eigenvalue weighted by Gasteiger charge is 2.19.